The summed E-state index contributed by atoms with van der Waals surface area (Å²) in [5.74, 6) is -0.349. The number of hydrogen-bond donors (Lipinski definition) is 2. The standard InChI is InChI=1S/C16H18F3N7O3/c17-16(18,19)29-2-1-21-15(28)10-4-8-3-9(8)26(10)11(27)5-25-7-24-12-13(20)22-6-23-14(12)25/h6-10H,1-5H2,(H,21,28)(H2,20,22,23)/t8-,9-,10+/m1/s1. The zero-order valence-electron chi connectivity index (χ0n) is 15.1. The number of nitrogens with two attached hydrogens (primary N) is 1. The van der Waals surface area contributed by atoms with Crippen molar-refractivity contribution in [2.24, 2.45) is 5.92 Å². The first-order valence-electron chi connectivity index (χ1n) is 8.95. The van der Waals surface area contributed by atoms with Gasteiger partial charge in [-0.05, 0) is 18.8 Å². The van der Waals surface area contributed by atoms with Gasteiger partial charge in [-0.2, -0.15) is 0 Å². The van der Waals surface area contributed by atoms with E-state index in [4.69, 9.17) is 5.73 Å². The van der Waals surface area contributed by atoms with E-state index in [1.807, 2.05) is 0 Å². The Morgan fingerprint density at radius 2 is 2.07 bits per heavy atom. The van der Waals surface area contributed by atoms with Crippen molar-refractivity contribution in [1.29, 1.82) is 0 Å². The van der Waals surface area contributed by atoms with Crippen LogP contribution in [0.4, 0.5) is 19.0 Å². The van der Waals surface area contributed by atoms with Gasteiger partial charge in [-0.25, -0.2) is 15.0 Å². The molecule has 0 unspecified atom stereocenters. The number of likely N-dealkylation sites (tertiary alicyclic amines) is 1. The summed E-state index contributed by atoms with van der Waals surface area (Å²) in [6, 6.07) is -0.745. The number of nitrogen functional groups attached to an aromatic ring is 1. The molecule has 3 atom stereocenters. The number of piperidine rings is 1. The molecule has 2 aliphatic rings. The molecule has 2 fully saturated rings. The lowest BCUT2D eigenvalue weighted by molar-refractivity contribution is -0.323. The third kappa shape index (κ3) is 3.95. The average Bonchev–Trinajstić information content (AvgIpc) is 3.11. The van der Waals surface area contributed by atoms with Crippen molar-refractivity contribution in [2.45, 2.75) is 37.8 Å². The van der Waals surface area contributed by atoms with Gasteiger partial charge in [0.05, 0.1) is 12.9 Å². The largest absolute Gasteiger partial charge is 0.522 e. The molecule has 0 radical (unpaired) electrons. The molecule has 1 saturated carbocycles. The summed E-state index contributed by atoms with van der Waals surface area (Å²) in [7, 11) is 0. The van der Waals surface area contributed by atoms with Crippen LogP contribution in [0, 0.1) is 5.92 Å². The third-order valence-corrected chi connectivity index (χ3v) is 5.10. The fourth-order valence-corrected chi connectivity index (χ4v) is 3.75. The van der Waals surface area contributed by atoms with Crippen LogP contribution >= 0.6 is 0 Å². The molecule has 0 spiro atoms. The lowest BCUT2D eigenvalue weighted by Gasteiger charge is -2.27. The van der Waals surface area contributed by atoms with Crippen LogP contribution in [0.3, 0.4) is 0 Å². The smallest absolute Gasteiger partial charge is 0.382 e. The van der Waals surface area contributed by atoms with Crippen LogP contribution in [-0.2, 0) is 20.9 Å². The molecule has 10 nitrogen and oxygen atoms in total. The Bertz CT molecular complexity index is 947. The number of aromatic nitrogens is 4. The van der Waals surface area contributed by atoms with E-state index in [-0.39, 0.29) is 36.8 Å². The minimum absolute atomic E-state index is 0.0286. The summed E-state index contributed by atoms with van der Waals surface area (Å²) < 4.78 is 41.2. The van der Waals surface area contributed by atoms with E-state index in [0.29, 0.717) is 17.6 Å². The number of alkyl halides is 3. The Kier molecular flexibility index (Phi) is 4.76. The van der Waals surface area contributed by atoms with Crippen molar-refractivity contribution < 1.29 is 27.5 Å². The molecule has 4 rings (SSSR count). The van der Waals surface area contributed by atoms with Gasteiger partial charge in [-0.1, -0.05) is 0 Å². The second-order valence-electron chi connectivity index (χ2n) is 7.00. The van der Waals surface area contributed by atoms with Crippen LogP contribution in [0.15, 0.2) is 12.7 Å². The maximum Gasteiger partial charge on any atom is 0.522 e. The summed E-state index contributed by atoms with van der Waals surface area (Å²) in [5, 5.41) is 2.40. The zero-order valence-corrected chi connectivity index (χ0v) is 15.1. The van der Waals surface area contributed by atoms with Crippen molar-refractivity contribution >= 4 is 28.8 Å². The molecule has 1 saturated heterocycles. The first-order valence-corrected chi connectivity index (χ1v) is 8.95. The van der Waals surface area contributed by atoms with Crippen molar-refractivity contribution in [3.63, 3.8) is 0 Å². The molecule has 3 heterocycles. The maximum atomic E-state index is 12.9. The first-order chi connectivity index (χ1) is 13.7. The summed E-state index contributed by atoms with van der Waals surface area (Å²) in [4.78, 5) is 38.9. The number of amides is 2. The lowest BCUT2D eigenvalue weighted by Crippen LogP contribution is -2.49. The maximum absolute atomic E-state index is 12.9. The Morgan fingerprint density at radius 3 is 2.83 bits per heavy atom. The highest BCUT2D eigenvalue weighted by Crippen LogP contribution is 2.48. The molecule has 1 aliphatic carbocycles. The number of nitrogens with zero attached hydrogens (tertiary/aromatic N) is 5. The van der Waals surface area contributed by atoms with E-state index in [9.17, 15) is 22.8 Å². The van der Waals surface area contributed by atoms with Crippen LogP contribution in [0.1, 0.15) is 12.8 Å². The topological polar surface area (TPSA) is 128 Å². The van der Waals surface area contributed by atoms with Gasteiger partial charge in [0.2, 0.25) is 11.8 Å². The van der Waals surface area contributed by atoms with Crippen LogP contribution in [0.2, 0.25) is 0 Å². The summed E-state index contributed by atoms with van der Waals surface area (Å²) >= 11 is 0. The van der Waals surface area contributed by atoms with E-state index in [2.05, 4.69) is 25.0 Å². The van der Waals surface area contributed by atoms with E-state index in [1.54, 1.807) is 0 Å². The van der Waals surface area contributed by atoms with E-state index < -0.39 is 24.9 Å². The Morgan fingerprint density at radius 1 is 1.28 bits per heavy atom. The van der Waals surface area contributed by atoms with Gasteiger partial charge >= 0.3 is 6.36 Å². The van der Waals surface area contributed by atoms with E-state index in [1.165, 1.54) is 22.1 Å². The second kappa shape index (κ2) is 7.13. The van der Waals surface area contributed by atoms with Gasteiger partial charge in [-0.3, -0.25) is 14.3 Å². The summed E-state index contributed by atoms with van der Waals surface area (Å²) in [5.41, 5.74) is 6.53. The number of carbonyl (C=O) groups is 2. The molecular weight excluding hydrogens is 395 g/mol. The molecule has 0 aromatic carbocycles. The molecule has 156 valence electrons. The highest BCUT2D eigenvalue weighted by atomic mass is 19.4. The minimum atomic E-state index is -4.75. The summed E-state index contributed by atoms with van der Waals surface area (Å²) in [6.07, 6.45) is -0.749. The predicted octanol–water partition coefficient (Wildman–Crippen LogP) is 0.0505. The van der Waals surface area contributed by atoms with Crippen LogP contribution < -0.4 is 11.1 Å². The lowest BCUT2D eigenvalue weighted by atomic mass is 10.1. The molecular formula is C16H18F3N7O3. The summed E-state index contributed by atoms with van der Waals surface area (Å²) in [6.45, 7) is -1.07. The Balaban J connectivity index is 1.40. The highest BCUT2D eigenvalue weighted by molar-refractivity contribution is 5.90. The van der Waals surface area contributed by atoms with Crippen molar-refractivity contribution in [2.75, 3.05) is 18.9 Å². The monoisotopic (exact) mass is 413 g/mol. The van der Waals surface area contributed by atoms with Gasteiger partial charge in [0.1, 0.15) is 24.4 Å². The second-order valence-corrected chi connectivity index (χ2v) is 7.00. The molecule has 0 bridgehead atoms. The molecule has 2 aromatic heterocycles. The quantitative estimate of drug-likeness (QED) is 0.641. The number of halogens is 3. The van der Waals surface area contributed by atoms with Crippen molar-refractivity contribution in [3.8, 4) is 0 Å². The van der Waals surface area contributed by atoms with Crippen LogP contribution in [0.5, 0.6) is 0 Å². The van der Waals surface area contributed by atoms with Crippen molar-refractivity contribution in [3.05, 3.63) is 12.7 Å². The molecule has 3 N–H and O–H groups in total. The van der Waals surface area contributed by atoms with Gasteiger partial charge in [0.25, 0.3) is 0 Å². The number of anilines is 1. The van der Waals surface area contributed by atoms with Gasteiger partial charge in [0.15, 0.2) is 11.5 Å². The normalized spacial score (nSPS) is 23.3. The Hall–Kier alpha value is -2.96. The van der Waals surface area contributed by atoms with Crippen molar-refractivity contribution in [1.82, 2.24) is 29.7 Å². The van der Waals surface area contributed by atoms with E-state index in [0.717, 1.165) is 6.42 Å². The number of fused-ring (bicyclic) bond motifs is 2. The Labute approximate surface area is 162 Å². The van der Waals surface area contributed by atoms with Gasteiger partial charge in [-0.15, -0.1) is 13.2 Å². The molecule has 13 heteroatoms. The highest BCUT2D eigenvalue weighted by Gasteiger charge is 2.55. The number of carbonyl (C=O) groups excluding carboxylic acids is 2. The van der Waals surface area contributed by atoms with Crippen LogP contribution in [-0.4, -0.2) is 67.8 Å². The fourth-order valence-electron chi connectivity index (χ4n) is 3.75. The SMILES string of the molecule is Nc1ncnc2c1ncn2CC(=O)N1[C@@H]2C[C@@H]2C[C@H]1C(=O)NCCOC(F)(F)F. The molecule has 2 amide bonds. The number of rotatable bonds is 6. The number of imidazole rings is 1. The zero-order chi connectivity index (χ0) is 20.8. The fraction of sp³-hybridized carbons (Fsp3) is 0.562. The number of nitrogens with one attached hydrogen (secondary N) is 1. The van der Waals surface area contributed by atoms with Crippen LogP contribution in [0.25, 0.3) is 11.2 Å². The number of ether oxygens (including phenoxy) is 1. The van der Waals surface area contributed by atoms with E-state index >= 15 is 0 Å². The van der Waals surface area contributed by atoms with Gasteiger partial charge in [0, 0.05) is 12.6 Å². The molecule has 1 aliphatic heterocycles. The predicted molar refractivity (Wildman–Crippen MR) is 91.9 cm³/mol. The average molecular weight is 413 g/mol. The third-order valence-electron chi connectivity index (χ3n) is 5.10. The molecule has 29 heavy (non-hydrogen) atoms. The number of hydrogen-bond acceptors (Lipinski definition) is 7. The molecule has 2 aromatic rings. The first kappa shape index (κ1) is 19.4. The van der Waals surface area contributed by atoms with Gasteiger partial charge < -0.3 is 20.5 Å². The minimum Gasteiger partial charge on any atom is -0.382 e.